The van der Waals surface area contributed by atoms with E-state index in [4.69, 9.17) is 0 Å². The molecule has 0 saturated carbocycles. The van der Waals surface area contributed by atoms with Crippen LogP contribution >= 0.6 is 0 Å². The Balaban J connectivity index is 0.000001000. The van der Waals surface area contributed by atoms with Gasteiger partial charge in [-0.1, -0.05) is 0 Å². The molecule has 7 heteroatoms. The molecule has 1 aliphatic rings. The summed E-state index contributed by atoms with van der Waals surface area (Å²) >= 11 is 0. The summed E-state index contributed by atoms with van der Waals surface area (Å²) in [5.41, 5.74) is 8.03. The summed E-state index contributed by atoms with van der Waals surface area (Å²) in [5, 5.41) is 3.47. The Bertz CT molecular complexity index is 171. The molecule has 2 N–H and O–H groups in total. The maximum Gasteiger partial charge on any atom is 1.00 e. The summed E-state index contributed by atoms with van der Waals surface area (Å²) in [4.78, 5) is 10.7. The number of rotatable bonds is 2. The first-order chi connectivity index (χ1) is 4.84. The largest absolute Gasteiger partial charge is 1.00 e. The molecule has 11 heavy (non-hydrogen) atoms. The molecule has 56 valence electrons. The van der Waals surface area contributed by atoms with Gasteiger partial charge in [-0.2, -0.15) is 0 Å². The van der Waals surface area contributed by atoms with Crippen molar-refractivity contribution in [2.45, 2.75) is 6.92 Å². The Morgan fingerprint density at radius 1 is 1.82 bits per heavy atom. The molecule has 1 rings (SSSR count). The van der Waals surface area contributed by atoms with Crippen molar-refractivity contribution >= 4 is 11.8 Å². The molecule has 0 saturated heterocycles. The Hall–Kier alpha value is -0.300. The molecule has 0 aromatic carbocycles. The number of nitrogens with zero attached hydrogens (tertiary/aromatic N) is 2. The molecule has 0 atom stereocenters. The fourth-order valence-electron chi connectivity index (χ4n) is 0.468. The van der Waals surface area contributed by atoms with Gasteiger partial charge in [0, 0.05) is 0 Å². The molecule has 0 spiro atoms. The predicted molar refractivity (Wildman–Crippen MR) is 33.7 cm³/mol. The number of hydrazine groups is 1. The number of ether oxygens (including phenoxy) is 1. The van der Waals surface area contributed by atoms with Crippen LogP contribution in [0.25, 0.3) is 5.43 Å². The van der Waals surface area contributed by atoms with Crippen LogP contribution in [0.4, 0.5) is 0 Å². The maximum absolute atomic E-state index is 10.7. The zero-order chi connectivity index (χ0) is 7.40. The van der Waals surface area contributed by atoms with Crippen molar-refractivity contribution in [2.75, 3.05) is 6.61 Å². The van der Waals surface area contributed by atoms with Crippen LogP contribution in [0.1, 0.15) is 6.92 Å². The Morgan fingerprint density at radius 2 is 2.55 bits per heavy atom. The quantitative estimate of drug-likeness (QED) is 0.326. The third kappa shape index (κ3) is 3.06. The average Bonchev–Trinajstić information content (AvgIpc) is 2.38. The molecule has 1 aliphatic heterocycles. The van der Waals surface area contributed by atoms with Crippen molar-refractivity contribution < 1.29 is 39.1 Å². The van der Waals surface area contributed by atoms with E-state index in [2.05, 4.69) is 26.3 Å². The Morgan fingerprint density at radius 3 is 3.00 bits per heavy atom. The number of carbonyl (C=O) groups excluding carboxylic acids is 1. The molecule has 0 fully saturated rings. The van der Waals surface area contributed by atoms with Gasteiger partial charge in [0.15, 0.2) is 0 Å². The number of amidine groups is 1. The van der Waals surface area contributed by atoms with E-state index in [0.717, 1.165) is 0 Å². The summed E-state index contributed by atoms with van der Waals surface area (Å²) < 4.78 is 4.58. The smallest absolute Gasteiger partial charge is 0.463 e. The standard InChI is InChI=1S/C4H8N4O2.Na/c1-2-10-4(9)3-5-7-8-6-3;/h2H2,1H3,(H3,5,6,7,8,9);/q;+1/p-1. The van der Waals surface area contributed by atoms with Gasteiger partial charge < -0.3 is 20.8 Å². The van der Waals surface area contributed by atoms with E-state index in [9.17, 15) is 4.79 Å². The summed E-state index contributed by atoms with van der Waals surface area (Å²) in [6.07, 6.45) is 0. The monoisotopic (exact) mass is 166 g/mol. The fourth-order valence-corrected chi connectivity index (χ4v) is 0.468. The van der Waals surface area contributed by atoms with Crippen LogP contribution in [0.15, 0.2) is 5.10 Å². The first-order valence-electron chi connectivity index (χ1n) is 2.80. The number of hydrogen-bond donors (Lipinski definition) is 2. The van der Waals surface area contributed by atoms with Gasteiger partial charge in [-0.05, 0) is 6.92 Å². The molecule has 1 heterocycles. The molecular formula is C4H7N4NaO2. The van der Waals surface area contributed by atoms with Crippen molar-refractivity contribution in [2.24, 2.45) is 5.10 Å². The minimum absolute atomic E-state index is 0. The van der Waals surface area contributed by atoms with Gasteiger partial charge in [0.25, 0.3) is 0 Å². The van der Waals surface area contributed by atoms with Gasteiger partial charge >= 0.3 is 35.5 Å². The third-order valence-corrected chi connectivity index (χ3v) is 0.832. The van der Waals surface area contributed by atoms with Crippen LogP contribution in [0, 0.1) is 0 Å². The van der Waals surface area contributed by atoms with Crippen LogP contribution in [0.2, 0.25) is 0 Å². The summed E-state index contributed by atoms with van der Waals surface area (Å²) in [6.45, 7) is 2.04. The van der Waals surface area contributed by atoms with E-state index >= 15 is 0 Å². The molecule has 0 bridgehead atoms. The zero-order valence-electron chi connectivity index (χ0n) is 6.42. The van der Waals surface area contributed by atoms with Gasteiger partial charge in [-0.15, -0.1) is 0 Å². The van der Waals surface area contributed by atoms with Gasteiger partial charge in [0.2, 0.25) is 0 Å². The summed E-state index contributed by atoms with van der Waals surface area (Å²) in [5.74, 6) is -0.512. The second-order valence-corrected chi connectivity index (χ2v) is 1.49. The normalized spacial score (nSPS) is 13.7. The van der Waals surface area contributed by atoms with Crippen molar-refractivity contribution in [1.29, 1.82) is 0 Å². The second kappa shape index (κ2) is 5.36. The van der Waals surface area contributed by atoms with Crippen molar-refractivity contribution in [3.63, 3.8) is 0 Å². The van der Waals surface area contributed by atoms with Gasteiger partial charge in [-0.3, -0.25) is 0 Å². The molecule has 0 aromatic rings. The number of hydrogen-bond acceptors (Lipinski definition) is 5. The first-order valence-corrected chi connectivity index (χ1v) is 2.80. The van der Waals surface area contributed by atoms with Crippen molar-refractivity contribution in [1.82, 2.24) is 11.1 Å². The molecule has 0 radical (unpaired) electrons. The molecular weight excluding hydrogens is 159 g/mol. The topological polar surface area (TPSA) is 76.8 Å². The molecule has 0 aliphatic carbocycles. The van der Waals surface area contributed by atoms with Crippen LogP contribution in [0.3, 0.4) is 0 Å². The van der Waals surface area contributed by atoms with Crippen LogP contribution in [0.5, 0.6) is 0 Å². The number of hydrazone groups is 1. The minimum atomic E-state index is -0.528. The average molecular weight is 166 g/mol. The fraction of sp³-hybridized carbons (Fsp3) is 0.500. The number of nitrogens with one attached hydrogen (secondary N) is 2. The van der Waals surface area contributed by atoms with E-state index in [0.29, 0.717) is 6.61 Å². The number of esters is 1. The SMILES string of the molecule is CCOC(=O)C1=NNN[N-]1.[Na+]. The second-order valence-electron chi connectivity index (χ2n) is 1.49. The van der Waals surface area contributed by atoms with E-state index < -0.39 is 5.97 Å². The first kappa shape index (κ1) is 10.7. The summed E-state index contributed by atoms with van der Waals surface area (Å²) in [7, 11) is 0. The predicted octanol–water partition coefficient (Wildman–Crippen LogP) is -3.74. The van der Waals surface area contributed by atoms with Gasteiger partial charge in [0.1, 0.15) is 0 Å². The third-order valence-electron chi connectivity index (χ3n) is 0.832. The Labute approximate surface area is 86.0 Å². The Kier molecular flexibility index (Phi) is 5.22. The number of carbonyl (C=O) groups is 1. The zero-order valence-corrected chi connectivity index (χ0v) is 8.42. The molecule has 6 nitrogen and oxygen atoms in total. The van der Waals surface area contributed by atoms with Gasteiger partial charge in [-0.25, -0.2) is 10.3 Å². The van der Waals surface area contributed by atoms with Crippen molar-refractivity contribution in [3.05, 3.63) is 5.43 Å². The van der Waals surface area contributed by atoms with Crippen LogP contribution < -0.4 is 40.6 Å². The maximum atomic E-state index is 10.7. The van der Waals surface area contributed by atoms with E-state index in [1.807, 2.05) is 0 Å². The summed E-state index contributed by atoms with van der Waals surface area (Å²) in [6, 6.07) is 0. The van der Waals surface area contributed by atoms with Gasteiger partial charge in [0.05, 0.1) is 12.4 Å². The molecule has 0 amide bonds. The van der Waals surface area contributed by atoms with Crippen molar-refractivity contribution in [3.8, 4) is 0 Å². The van der Waals surface area contributed by atoms with E-state index in [1.54, 1.807) is 6.92 Å². The van der Waals surface area contributed by atoms with E-state index in [-0.39, 0.29) is 35.4 Å². The van der Waals surface area contributed by atoms with E-state index in [1.165, 1.54) is 0 Å². The minimum Gasteiger partial charge on any atom is -0.463 e. The van der Waals surface area contributed by atoms with Crippen LogP contribution in [-0.2, 0) is 9.53 Å². The molecule has 0 unspecified atom stereocenters. The molecule has 0 aromatic heterocycles. The van der Waals surface area contributed by atoms with Crippen LogP contribution in [-0.4, -0.2) is 18.4 Å².